The third-order valence-corrected chi connectivity index (χ3v) is 3.76. The van der Waals surface area contributed by atoms with Crippen LogP contribution < -0.4 is 10.5 Å². The molecule has 2 N–H and O–H groups in total. The van der Waals surface area contributed by atoms with Crippen molar-refractivity contribution in [3.05, 3.63) is 29.8 Å². The van der Waals surface area contributed by atoms with Gasteiger partial charge in [0.1, 0.15) is 5.75 Å². The predicted molar refractivity (Wildman–Crippen MR) is 82.6 cm³/mol. The average Bonchev–Trinajstić information content (AvgIpc) is 2.42. The van der Waals surface area contributed by atoms with E-state index in [0.717, 1.165) is 24.4 Å². The van der Waals surface area contributed by atoms with Crippen molar-refractivity contribution >= 4 is 17.2 Å². The van der Waals surface area contributed by atoms with Gasteiger partial charge in [-0.2, -0.15) is 0 Å². The van der Waals surface area contributed by atoms with Crippen LogP contribution >= 0.6 is 12.2 Å². The Balaban J connectivity index is 2.30. The molecule has 1 aromatic carbocycles. The molecule has 3 nitrogen and oxygen atoms in total. The van der Waals surface area contributed by atoms with Gasteiger partial charge < -0.3 is 10.5 Å². The van der Waals surface area contributed by atoms with Crippen molar-refractivity contribution in [1.82, 2.24) is 4.90 Å². The first-order valence-corrected chi connectivity index (χ1v) is 7.40. The normalized spacial score (nSPS) is 17.9. The van der Waals surface area contributed by atoms with Gasteiger partial charge in [0.15, 0.2) is 0 Å². The van der Waals surface area contributed by atoms with Gasteiger partial charge in [0.05, 0.1) is 17.6 Å². The summed E-state index contributed by atoms with van der Waals surface area (Å²) in [4.78, 5) is 2.91. The van der Waals surface area contributed by atoms with Crippen molar-refractivity contribution < 1.29 is 4.74 Å². The highest BCUT2D eigenvalue weighted by Crippen LogP contribution is 2.31. The molecule has 1 heterocycles. The van der Waals surface area contributed by atoms with Crippen molar-refractivity contribution in [2.45, 2.75) is 32.2 Å². The summed E-state index contributed by atoms with van der Waals surface area (Å²) in [5.41, 5.74) is 7.09. The van der Waals surface area contributed by atoms with Crippen LogP contribution in [-0.4, -0.2) is 29.6 Å². The molecule has 1 saturated heterocycles. The molecule has 0 aromatic heterocycles. The maximum Gasteiger partial charge on any atom is 0.124 e. The molecule has 0 spiro atoms. The second kappa shape index (κ2) is 6.87. The smallest absolute Gasteiger partial charge is 0.124 e. The first-order chi connectivity index (χ1) is 9.24. The lowest BCUT2D eigenvalue weighted by molar-refractivity contribution is 0.199. The Bertz CT molecular complexity index is 430. The van der Waals surface area contributed by atoms with Crippen LogP contribution in [0.4, 0.5) is 0 Å². The van der Waals surface area contributed by atoms with E-state index < -0.39 is 0 Å². The van der Waals surface area contributed by atoms with Gasteiger partial charge in [0, 0.05) is 5.56 Å². The van der Waals surface area contributed by atoms with Crippen LogP contribution in [0, 0.1) is 0 Å². The number of rotatable bonds is 5. The Morgan fingerprint density at radius 2 is 2.00 bits per heavy atom. The van der Waals surface area contributed by atoms with E-state index in [1.54, 1.807) is 0 Å². The topological polar surface area (TPSA) is 38.5 Å². The molecule has 1 atom stereocenters. The monoisotopic (exact) mass is 278 g/mol. The average molecular weight is 278 g/mol. The second-order valence-electron chi connectivity index (χ2n) is 4.87. The SMILES string of the molecule is CCOc1ccccc1C(C(N)=S)N1CCCCC1. The highest BCUT2D eigenvalue weighted by atomic mass is 32.1. The lowest BCUT2D eigenvalue weighted by Crippen LogP contribution is -2.40. The Morgan fingerprint density at radius 1 is 1.32 bits per heavy atom. The summed E-state index contributed by atoms with van der Waals surface area (Å²) in [6.45, 7) is 4.76. The Labute approximate surface area is 120 Å². The lowest BCUT2D eigenvalue weighted by atomic mass is 10.0. The second-order valence-corrected chi connectivity index (χ2v) is 5.34. The zero-order chi connectivity index (χ0) is 13.7. The number of likely N-dealkylation sites (tertiary alicyclic amines) is 1. The number of ether oxygens (including phenoxy) is 1. The molecule has 4 heteroatoms. The predicted octanol–water partition coefficient (Wildman–Crippen LogP) is 2.90. The summed E-state index contributed by atoms with van der Waals surface area (Å²) in [5, 5.41) is 0. The first kappa shape index (κ1) is 14.3. The maximum atomic E-state index is 6.00. The van der Waals surface area contributed by atoms with E-state index in [4.69, 9.17) is 22.7 Å². The Hall–Kier alpha value is -1.13. The van der Waals surface area contributed by atoms with E-state index in [1.807, 2.05) is 25.1 Å². The molecule has 1 aromatic rings. The third kappa shape index (κ3) is 3.45. The quantitative estimate of drug-likeness (QED) is 0.841. The summed E-state index contributed by atoms with van der Waals surface area (Å²) in [7, 11) is 0. The fraction of sp³-hybridized carbons (Fsp3) is 0.533. The van der Waals surface area contributed by atoms with Crippen molar-refractivity contribution in [2.24, 2.45) is 5.73 Å². The molecule has 19 heavy (non-hydrogen) atoms. The van der Waals surface area contributed by atoms with Crippen LogP contribution in [0.15, 0.2) is 24.3 Å². The van der Waals surface area contributed by atoms with Crippen LogP contribution in [0.25, 0.3) is 0 Å². The zero-order valence-electron chi connectivity index (χ0n) is 11.5. The minimum absolute atomic E-state index is 0.00181. The van der Waals surface area contributed by atoms with Crippen LogP contribution in [0.5, 0.6) is 5.75 Å². The van der Waals surface area contributed by atoms with Crippen LogP contribution in [0.2, 0.25) is 0 Å². The molecule has 1 fully saturated rings. The van der Waals surface area contributed by atoms with Crippen molar-refractivity contribution in [3.63, 3.8) is 0 Å². The van der Waals surface area contributed by atoms with E-state index in [9.17, 15) is 0 Å². The van der Waals surface area contributed by atoms with Crippen molar-refractivity contribution in [2.75, 3.05) is 19.7 Å². The maximum absolute atomic E-state index is 6.00. The highest BCUT2D eigenvalue weighted by Gasteiger charge is 2.26. The minimum Gasteiger partial charge on any atom is -0.494 e. The van der Waals surface area contributed by atoms with Gasteiger partial charge in [-0.05, 0) is 38.9 Å². The fourth-order valence-electron chi connectivity index (χ4n) is 2.70. The number of nitrogens with two attached hydrogens (primary N) is 1. The molecule has 1 unspecified atom stereocenters. The van der Waals surface area contributed by atoms with Gasteiger partial charge >= 0.3 is 0 Å². The standard InChI is InChI=1S/C15H22N2OS/c1-2-18-13-9-5-4-8-12(13)14(15(16)19)17-10-6-3-7-11-17/h4-5,8-9,14H,2-3,6-7,10-11H2,1H3,(H2,16,19). The Kier molecular flexibility index (Phi) is 5.16. The number of benzene rings is 1. The summed E-state index contributed by atoms with van der Waals surface area (Å²) < 4.78 is 5.72. The minimum atomic E-state index is -0.00181. The van der Waals surface area contributed by atoms with Gasteiger partial charge in [-0.3, -0.25) is 4.90 Å². The van der Waals surface area contributed by atoms with Gasteiger partial charge in [-0.1, -0.05) is 36.8 Å². The molecule has 0 aliphatic carbocycles. The van der Waals surface area contributed by atoms with Gasteiger partial charge in [-0.25, -0.2) is 0 Å². The van der Waals surface area contributed by atoms with E-state index in [1.165, 1.54) is 19.3 Å². The van der Waals surface area contributed by atoms with Crippen LogP contribution in [-0.2, 0) is 0 Å². The number of nitrogens with zero attached hydrogens (tertiary/aromatic N) is 1. The molecule has 104 valence electrons. The number of thiocarbonyl (C=S) groups is 1. The molecule has 1 aliphatic rings. The molecule has 0 radical (unpaired) electrons. The number of hydrogen-bond donors (Lipinski definition) is 1. The zero-order valence-corrected chi connectivity index (χ0v) is 12.3. The molecule has 0 saturated carbocycles. The summed E-state index contributed by atoms with van der Waals surface area (Å²) in [6.07, 6.45) is 3.74. The highest BCUT2D eigenvalue weighted by molar-refractivity contribution is 7.80. The van der Waals surface area contributed by atoms with E-state index >= 15 is 0 Å². The molecule has 0 bridgehead atoms. The van der Waals surface area contributed by atoms with Crippen molar-refractivity contribution in [1.29, 1.82) is 0 Å². The lowest BCUT2D eigenvalue weighted by Gasteiger charge is -2.34. The summed E-state index contributed by atoms with van der Waals surface area (Å²) in [6, 6.07) is 8.07. The number of piperidine rings is 1. The number of para-hydroxylation sites is 1. The largest absolute Gasteiger partial charge is 0.494 e. The van der Waals surface area contributed by atoms with E-state index in [-0.39, 0.29) is 6.04 Å². The fourth-order valence-corrected chi connectivity index (χ4v) is 2.98. The third-order valence-electron chi connectivity index (χ3n) is 3.54. The molecule has 1 aliphatic heterocycles. The van der Waals surface area contributed by atoms with Gasteiger partial charge in [0.25, 0.3) is 0 Å². The van der Waals surface area contributed by atoms with E-state index in [2.05, 4.69) is 11.0 Å². The molecular formula is C15H22N2OS. The number of hydrogen-bond acceptors (Lipinski definition) is 3. The van der Waals surface area contributed by atoms with Crippen LogP contribution in [0.3, 0.4) is 0 Å². The van der Waals surface area contributed by atoms with Crippen molar-refractivity contribution in [3.8, 4) is 5.75 Å². The van der Waals surface area contributed by atoms with Gasteiger partial charge in [0.2, 0.25) is 0 Å². The van der Waals surface area contributed by atoms with Crippen LogP contribution in [0.1, 0.15) is 37.8 Å². The molecule has 0 amide bonds. The first-order valence-electron chi connectivity index (χ1n) is 6.99. The molecular weight excluding hydrogens is 256 g/mol. The van der Waals surface area contributed by atoms with Gasteiger partial charge in [-0.15, -0.1) is 0 Å². The molecule has 2 rings (SSSR count). The Morgan fingerprint density at radius 3 is 2.63 bits per heavy atom. The summed E-state index contributed by atoms with van der Waals surface area (Å²) >= 11 is 5.30. The van der Waals surface area contributed by atoms with E-state index in [0.29, 0.717) is 11.6 Å². The summed E-state index contributed by atoms with van der Waals surface area (Å²) in [5.74, 6) is 0.897.